The van der Waals surface area contributed by atoms with Crippen molar-refractivity contribution in [2.24, 2.45) is 0 Å². The van der Waals surface area contributed by atoms with Gasteiger partial charge in [-0.05, 0) is 50.7 Å². The van der Waals surface area contributed by atoms with Gasteiger partial charge in [0.05, 0.1) is 14.3 Å². The average molecular weight is 341 g/mol. The predicted molar refractivity (Wildman–Crippen MR) is 56.6 cm³/mol. The molecule has 1 heterocycles. The van der Waals surface area contributed by atoms with Crippen molar-refractivity contribution in [2.75, 3.05) is 0 Å². The Balaban J connectivity index is 2.97. The molecular formula is C8H3BrFIO. The fourth-order valence-electron chi connectivity index (χ4n) is 1.04. The van der Waals surface area contributed by atoms with Gasteiger partial charge >= 0.3 is 0 Å². The number of rotatable bonds is 0. The van der Waals surface area contributed by atoms with E-state index in [0.717, 1.165) is 14.5 Å². The minimum atomic E-state index is -0.256. The Kier molecular flexibility index (Phi) is 2.12. The monoisotopic (exact) mass is 340 g/mol. The first-order valence-corrected chi connectivity index (χ1v) is 5.08. The highest BCUT2D eigenvalue weighted by Crippen LogP contribution is 2.31. The molecule has 1 aromatic carbocycles. The number of benzene rings is 1. The van der Waals surface area contributed by atoms with Crippen molar-refractivity contribution in [1.82, 2.24) is 0 Å². The van der Waals surface area contributed by atoms with Crippen LogP contribution in [0.4, 0.5) is 4.39 Å². The van der Waals surface area contributed by atoms with Crippen molar-refractivity contribution in [2.45, 2.75) is 0 Å². The quantitative estimate of drug-likeness (QED) is 0.523. The van der Waals surface area contributed by atoms with E-state index in [-0.39, 0.29) is 5.82 Å². The summed E-state index contributed by atoms with van der Waals surface area (Å²) in [6.45, 7) is 0. The number of hydrogen-bond donors (Lipinski definition) is 0. The summed E-state index contributed by atoms with van der Waals surface area (Å²) in [5, 5.41) is 0.777. The van der Waals surface area contributed by atoms with Crippen LogP contribution in [-0.2, 0) is 0 Å². The van der Waals surface area contributed by atoms with Gasteiger partial charge in [0.15, 0.2) is 0 Å². The van der Waals surface area contributed by atoms with Crippen LogP contribution in [0.15, 0.2) is 27.3 Å². The number of fused-ring (bicyclic) bond motifs is 1. The molecule has 0 N–H and O–H groups in total. The smallest absolute Gasteiger partial charge is 0.148 e. The Bertz CT molecular complexity index is 438. The molecule has 0 saturated heterocycles. The molecule has 2 rings (SSSR count). The van der Waals surface area contributed by atoms with Gasteiger partial charge < -0.3 is 4.42 Å². The zero-order valence-electron chi connectivity index (χ0n) is 5.77. The molecule has 1 aromatic heterocycles. The molecule has 0 radical (unpaired) electrons. The maximum atomic E-state index is 13.1. The van der Waals surface area contributed by atoms with E-state index in [2.05, 4.69) is 15.9 Å². The fourth-order valence-corrected chi connectivity index (χ4v) is 2.15. The van der Waals surface area contributed by atoms with Crippen molar-refractivity contribution in [3.05, 3.63) is 32.3 Å². The van der Waals surface area contributed by atoms with Crippen molar-refractivity contribution < 1.29 is 8.81 Å². The second-order valence-corrected chi connectivity index (χ2v) is 4.27. The van der Waals surface area contributed by atoms with Crippen LogP contribution in [-0.4, -0.2) is 0 Å². The molecule has 0 aliphatic carbocycles. The molecule has 0 amide bonds. The summed E-state index contributed by atoms with van der Waals surface area (Å²) in [5.74, 6) is -0.256. The van der Waals surface area contributed by atoms with Crippen LogP contribution < -0.4 is 0 Å². The van der Waals surface area contributed by atoms with E-state index in [1.807, 2.05) is 22.6 Å². The maximum absolute atomic E-state index is 13.1. The van der Waals surface area contributed by atoms with Crippen molar-refractivity contribution >= 4 is 49.5 Å². The Labute approximate surface area is 90.2 Å². The minimum Gasteiger partial charge on any atom is -0.463 e. The molecule has 12 heavy (non-hydrogen) atoms. The lowest BCUT2D eigenvalue weighted by molar-refractivity contribution is 0.604. The Morgan fingerprint density at radius 3 is 3.00 bits per heavy atom. The lowest BCUT2D eigenvalue weighted by atomic mass is 10.2. The second kappa shape index (κ2) is 2.99. The molecule has 0 unspecified atom stereocenters. The Morgan fingerprint density at radius 1 is 1.50 bits per heavy atom. The summed E-state index contributed by atoms with van der Waals surface area (Å²) in [5.41, 5.74) is 0.726. The summed E-state index contributed by atoms with van der Waals surface area (Å²) in [7, 11) is 0. The lowest BCUT2D eigenvalue weighted by Gasteiger charge is -1.97. The van der Waals surface area contributed by atoms with E-state index < -0.39 is 0 Å². The van der Waals surface area contributed by atoms with Crippen LogP contribution >= 0.6 is 38.5 Å². The predicted octanol–water partition coefficient (Wildman–Crippen LogP) is 3.94. The zero-order chi connectivity index (χ0) is 8.72. The molecule has 4 heteroatoms. The summed E-state index contributed by atoms with van der Waals surface area (Å²) >= 11 is 5.20. The van der Waals surface area contributed by atoms with Gasteiger partial charge in [-0.25, -0.2) is 4.39 Å². The number of hydrogen-bond acceptors (Lipinski definition) is 1. The van der Waals surface area contributed by atoms with Gasteiger partial charge in [-0.1, -0.05) is 0 Å². The molecule has 0 saturated carbocycles. The van der Waals surface area contributed by atoms with Crippen molar-refractivity contribution in [3.63, 3.8) is 0 Å². The summed E-state index contributed by atoms with van der Waals surface area (Å²) < 4.78 is 19.5. The molecule has 1 nitrogen and oxygen atoms in total. The normalized spacial score (nSPS) is 10.9. The van der Waals surface area contributed by atoms with E-state index in [1.165, 1.54) is 6.07 Å². The average Bonchev–Trinajstić information content (AvgIpc) is 2.48. The van der Waals surface area contributed by atoms with Crippen LogP contribution in [0.1, 0.15) is 0 Å². The van der Waals surface area contributed by atoms with Gasteiger partial charge in [-0.15, -0.1) is 0 Å². The second-order valence-electron chi connectivity index (χ2n) is 2.32. The molecular weight excluding hydrogens is 338 g/mol. The molecule has 0 aliphatic rings. The lowest BCUT2D eigenvalue weighted by Crippen LogP contribution is -1.80. The molecule has 62 valence electrons. The van der Waals surface area contributed by atoms with Crippen LogP contribution in [0.5, 0.6) is 0 Å². The standard InChI is InChI=1S/C8H3BrFIO/c9-7-4-1-2-12-8(4)6(11)3-5(7)10/h1-3H. The van der Waals surface area contributed by atoms with E-state index in [4.69, 9.17) is 4.42 Å². The Morgan fingerprint density at radius 2 is 2.25 bits per heavy atom. The minimum absolute atomic E-state index is 0.256. The van der Waals surface area contributed by atoms with Gasteiger partial charge in [-0.2, -0.15) is 0 Å². The zero-order valence-corrected chi connectivity index (χ0v) is 9.52. The number of furan rings is 1. The molecule has 0 fully saturated rings. The first kappa shape index (κ1) is 8.50. The van der Waals surface area contributed by atoms with Crippen molar-refractivity contribution in [3.8, 4) is 0 Å². The van der Waals surface area contributed by atoms with Crippen LogP contribution in [0.25, 0.3) is 11.0 Å². The summed E-state index contributed by atoms with van der Waals surface area (Å²) in [6, 6.07) is 3.18. The topological polar surface area (TPSA) is 13.1 Å². The highest BCUT2D eigenvalue weighted by molar-refractivity contribution is 14.1. The van der Waals surface area contributed by atoms with Gasteiger partial charge in [-0.3, -0.25) is 0 Å². The van der Waals surface area contributed by atoms with Crippen molar-refractivity contribution in [1.29, 1.82) is 0 Å². The first-order chi connectivity index (χ1) is 5.70. The highest BCUT2D eigenvalue weighted by atomic mass is 127. The fraction of sp³-hybridized carbons (Fsp3) is 0. The Hall–Kier alpha value is -0.100. The third kappa shape index (κ3) is 1.17. The van der Waals surface area contributed by atoms with Crippen LogP contribution in [0.2, 0.25) is 0 Å². The SMILES string of the molecule is Fc1cc(I)c2occc2c1Br. The number of halogens is 3. The third-order valence-electron chi connectivity index (χ3n) is 1.58. The summed E-state index contributed by atoms with van der Waals surface area (Å²) in [6.07, 6.45) is 1.55. The molecule has 2 aromatic rings. The van der Waals surface area contributed by atoms with Gasteiger partial charge in [0.25, 0.3) is 0 Å². The molecule has 0 aliphatic heterocycles. The van der Waals surface area contributed by atoms with Gasteiger partial charge in [0, 0.05) is 5.39 Å². The van der Waals surface area contributed by atoms with E-state index >= 15 is 0 Å². The van der Waals surface area contributed by atoms with Gasteiger partial charge in [0.1, 0.15) is 11.4 Å². The molecule has 0 bridgehead atoms. The van der Waals surface area contributed by atoms with E-state index in [1.54, 1.807) is 12.3 Å². The first-order valence-electron chi connectivity index (χ1n) is 3.21. The molecule has 0 spiro atoms. The summed E-state index contributed by atoms with van der Waals surface area (Å²) in [4.78, 5) is 0. The van der Waals surface area contributed by atoms with Crippen LogP contribution in [0.3, 0.4) is 0 Å². The van der Waals surface area contributed by atoms with E-state index in [9.17, 15) is 4.39 Å². The largest absolute Gasteiger partial charge is 0.463 e. The third-order valence-corrected chi connectivity index (χ3v) is 3.19. The van der Waals surface area contributed by atoms with E-state index in [0.29, 0.717) is 4.47 Å². The maximum Gasteiger partial charge on any atom is 0.148 e. The highest BCUT2D eigenvalue weighted by Gasteiger charge is 2.10. The molecule has 0 atom stereocenters. The van der Waals surface area contributed by atoms with Gasteiger partial charge in [0.2, 0.25) is 0 Å². The van der Waals surface area contributed by atoms with Crippen LogP contribution in [0, 0.1) is 9.39 Å².